The molecule has 1 aliphatic rings. The van der Waals surface area contributed by atoms with E-state index in [9.17, 15) is 14.7 Å². The molecule has 0 bridgehead atoms. The fourth-order valence-corrected chi connectivity index (χ4v) is 6.63. The van der Waals surface area contributed by atoms with Gasteiger partial charge >= 0.3 is 0 Å². The summed E-state index contributed by atoms with van der Waals surface area (Å²) in [5.74, 6) is 0.106. The predicted octanol–water partition coefficient (Wildman–Crippen LogP) is 6.20. The lowest BCUT2D eigenvalue weighted by atomic mass is 9.81. The SMILES string of the molecule is C=C[C@@H](C[C@H](O)[C@H](CC1CCCCC1)NC(=O)[C@H](Cc1c[nH]cn1)NC(=O)C(Cc1ccccc1)Cc1ccccc1)C(C)C. The normalized spacial score (nSPS) is 16.6. The van der Waals surface area contributed by atoms with Crippen LogP contribution in [0.25, 0.3) is 0 Å². The van der Waals surface area contributed by atoms with Crippen LogP contribution in [0.15, 0.2) is 85.8 Å². The minimum Gasteiger partial charge on any atom is -0.391 e. The van der Waals surface area contributed by atoms with E-state index in [1.165, 1.54) is 19.3 Å². The number of nitrogens with zero attached hydrogens (tertiary/aromatic N) is 1. The van der Waals surface area contributed by atoms with Crippen LogP contribution in [0.5, 0.6) is 0 Å². The number of nitrogens with one attached hydrogen (secondary N) is 3. The molecule has 4 atom stereocenters. The van der Waals surface area contributed by atoms with Crippen molar-refractivity contribution in [2.75, 3.05) is 0 Å². The summed E-state index contributed by atoms with van der Waals surface area (Å²) in [7, 11) is 0. The van der Waals surface area contributed by atoms with E-state index in [1.807, 2.05) is 66.7 Å². The Balaban J connectivity index is 1.54. The standard InChI is InChI=1S/C38H52N4O3/c1-4-31(27(2)3)23-36(43)34(22-30-18-12-7-13-19-30)41-38(45)35(24-33-25-39-26-40-33)42-37(44)32(20-28-14-8-5-9-15-28)21-29-16-10-6-11-17-29/h4-6,8-11,14-17,25-27,30-32,34-36,43H,1,7,12-13,18-24H2,2-3H3,(H,39,40)(H,41,45)(H,42,44)/t31-,34-,35-,36-/m0/s1. The van der Waals surface area contributed by atoms with E-state index in [0.29, 0.717) is 36.8 Å². The van der Waals surface area contributed by atoms with E-state index in [4.69, 9.17) is 0 Å². The maximum Gasteiger partial charge on any atom is 0.243 e. The van der Waals surface area contributed by atoms with Crippen molar-refractivity contribution in [1.29, 1.82) is 0 Å². The molecule has 0 aliphatic heterocycles. The Hall–Kier alpha value is -3.71. The number of carbonyl (C=O) groups is 2. The third-order valence-corrected chi connectivity index (χ3v) is 9.40. The lowest BCUT2D eigenvalue weighted by molar-refractivity contribution is -0.132. The second-order valence-electron chi connectivity index (χ2n) is 13.2. The molecule has 0 spiro atoms. The van der Waals surface area contributed by atoms with Crippen LogP contribution in [0, 0.1) is 23.7 Å². The fraction of sp³-hybridized carbons (Fsp3) is 0.500. The number of aromatic nitrogens is 2. The molecule has 3 aromatic rings. The van der Waals surface area contributed by atoms with Crippen LogP contribution in [-0.4, -0.2) is 45.1 Å². The highest BCUT2D eigenvalue weighted by Gasteiger charge is 2.32. The molecule has 1 aliphatic carbocycles. The third-order valence-electron chi connectivity index (χ3n) is 9.40. The van der Waals surface area contributed by atoms with Gasteiger partial charge < -0.3 is 20.7 Å². The molecule has 0 unspecified atom stereocenters. The molecule has 1 aromatic heterocycles. The smallest absolute Gasteiger partial charge is 0.243 e. The topological polar surface area (TPSA) is 107 Å². The average Bonchev–Trinajstić information content (AvgIpc) is 3.57. The lowest BCUT2D eigenvalue weighted by Crippen LogP contribution is -2.55. The van der Waals surface area contributed by atoms with Gasteiger partial charge in [-0.15, -0.1) is 6.58 Å². The number of H-pyrrole nitrogens is 1. The summed E-state index contributed by atoms with van der Waals surface area (Å²) in [6.45, 7) is 8.25. The van der Waals surface area contributed by atoms with Crippen molar-refractivity contribution in [3.05, 3.63) is 103 Å². The highest BCUT2D eigenvalue weighted by Crippen LogP contribution is 2.30. The first-order chi connectivity index (χ1) is 21.8. The van der Waals surface area contributed by atoms with E-state index in [-0.39, 0.29) is 30.1 Å². The first-order valence-corrected chi connectivity index (χ1v) is 16.8. The highest BCUT2D eigenvalue weighted by atomic mass is 16.3. The summed E-state index contributed by atoms with van der Waals surface area (Å²) in [4.78, 5) is 35.4. The number of benzene rings is 2. The maximum absolute atomic E-state index is 14.1. The van der Waals surface area contributed by atoms with Crippen LogP contribution in [-0.2, 0) is 28.9 Å². The zero-order chi connectivity index (χ0) is 32.0. The number of hydrogen-bond donors (Lipinski definition) is 4. The molecular weight excluding hydrogens is 560 g/mol. The van der Waals surface area contributed by atoms with E-state index >= 15 is 0 Å². The molecule has 1 heterocycles. The Kier molecular flexibility index (Phi) is 13.4. The molecule has 242 valence electrons. The number of allylic oxidation sites excluding steroid dienone is 1. The number of hydrogen-bond acceptors (Lipinski definition) is 4. The van der Waals surface area contributed by atoms with Crippen molar-refractivity contribution in [3.8, 4) is 0 Å². The van der Waals surface area contributed by atoms with Gasteiger partial charge in [0, 0.05) is 18.5 Å². The Labute approximate surface area is 269 Å². The monoisotopic (exact) mass is 612 g/mol. The van der Waals surface area contributed by atoms with Gasteiger partial charge in [0.25, 0.3) is 0 Å². The second kappa shape index (κ2) is 17.7. The molecule has 4 N–H and O–H groups in total. The van der Waals surface area contributed by atoms with Gasteiger partial charge in [-0.2, -0.15) is 0 Å². The van der Waals surface area contributed by atoms with E-state index < -0.39 is 18.2 Å². The largest absolute Gasteiger partial charge is 0.391 e. The molecule has 1 fully saturated rings. The Morgan fingerprint density at radius 1 is 0.933 bits per heavy atom. The Morgan fingerprint density at radius 2 is 1.56 bits per heavy atom. The van der Waals surface area contributed by atoms with Crippen molar-refractivity contribution < 1.29 is 14.7 Å². The van der Waals surface area contributed by atoms with E-state index in [1.54, 1.807) is 12.5 Å². The molecule has 1 saturated carbocycles. The van der Waals surface area contributed by atoms with Gasteiger partial charge in [-0.3, -0.25) is 9.59 Å². The van der Waals surface area contributed by atoms with Crippen LogP contribution in [0.2, 0.25) is 0 Å². The van der Waals surface area contributed by atoms with Gasteiger partial charge in [0.15, 0.2) is 0 Å². The summed E-state index contributed by atoms with van der Waals surface area (Å²) in [5.41, 5.74) is 2.83. The van der Waals surface area contributed by atoms with E-state index in [0.717, 1.165) is 30.4 Å². The minimum absolute atomic E-state index is 0.141. The number of aliphatic hydroxyl groups is 1. The number of rotatable bonds is 17. The molecule has 0 saturated heterocycles. The van der Waals surface area contributed by atoms with Gasteiger partial charge in [0.05, 0.1) is 24.2 Å². The molecule has 7 heteroatoms. The second-order valence-corrected chi connectivity index (χ2v) is 13.2. The first kappa shape index (κ1) is 34.2. The van der Waals surface area contributed by atoms with Crippen molar-refractivity contribution in [2.45, 2.75) is 96.2 Å². The van der Waals surface area contributed by atoms with Gasteiger partial charge in [-0.25, -0.2) is 4.98 Å². The molecule has 0 radical (unpaired) electrons. The summed E-state index contributed by atoms with van der Waals surface area (Å²) in [6.07, 6.45) is 13.0. The molecule has 2 amide bonds. The number of carbonyl (C=O) groups excluding carboxylic acids is 2. The molecular formula is C38H52N4O3. The average molecular weight is 613 g/mol. The third kappa shape index (κ3) is 11.0. The quantitative estimate of drug-likeness (QED) is 0.136. The lowest BCUT2D eigenvalue weighted by Gasteiger charge is -2.33. The van der Waals surface area contributed by atoms with Crippen LogP contribution in [0.3, 0.4) is 0 Å². The summed E-state index contributed by atoms with van der Waals surface area (Å²) in [5, 5.41) is 17.8. The van der Waals surface area contributed by atoms with Crippen molar-refractivity contribution in [1.82, 2.24) is 20.6 Å². The van der Waals surface area contributed by atoms with Crippen molar-refractivity contribution in [2.24, 2.45) is 23.7 Å². The summed E-state index contributed by atoms with van der Waals surface area (Å²) >= 11 is 0. The fourth-order valence-electron chi connectivity index (χ4n) is 6.63. The number of aliphatic hydroxyl groups excluding tert-OH is 1. The molecule has 45 heavy (non-hydrogen) atoms. The number of amides is 2. The zero-order valence-electron chi connectivity index (χ0n) is 27.0. The minimum atomic E-state index is -0.837. The zero-order valence-corrected chi connectivity index (χ0v) is 27.0. The van der Waals surface area contributed by atoms with Gasteiger partial charge in [0.1, 0.15) is 6.04 Å². The van der Waals surface area contributed by atoms with Gasteiger partial charge in [-0.05, 0) is 54.6 Å². The number of aromatic amines is 1. The van der Waals surface area contributed by atoms with E-state index in [2.05, 4.69) is 41.0 Å². The van der Waals surface area contributed by atoms with Crippen molar-refractivity contribution >= 4 is 11.8 Å². The van der Waals surface area contributed by atoms with Crippen molar-refractivity contribution in [3.63, 3.8) is 0 Å². The maximum atomic E-state index is 14.1. The Morgan fingerprint density at radius 3 is 2.09 bits per heavy atom. The van der Waals surface area contributed by atoms with Crippen LogP contribution < -0.4 is 10.6 Å². The predicted molar refractivity (Wildman–Crippen MR) is 180 cm³/mol. The van der Waals surface area contributed by atoms with Crippen LogP contribution in [0.4, 0.5) is 0 Å². The van der Waals surface area contributed by atoms with Crippen LogP contribution >= 0.6 is 0 Å². The van der Waals surface area contributed by atoms with Gasteiger partial charge in [0.2, 0.25) is 11.8 Å². The first-order valence-electron chi connectivity index (χ1n) is 16.8. The molecule has 4 rings (SSSR count). The number of imidazole rings is 1. The molecule has 7 nitrogen and oxygen atoms in total. The molecule has 2 aromatic carbocycles. The van der Waals surface area contributed by atoms with Gasteiger partial charge in [-0.1, -0.05) is 113 Å². The highest BCUT2D eigenvalue weighted by molar-refractivity contribution is 5.89. The van der Waals surface area contributed by atoms with Crippen LogP contribution in [0.1, 0.15) is 75.6 Å². The summed E-state index contributed by atoms with van der Waals surface area (Å²) in [6, 6.07) is 18.7. The Bertz CT molecular complexity index is 1250. The summed E-state index contributed by atoms with van der Waals surface area (Å²) < 4.78 is 0.